The Bertz CT molecular complexity index is 450. The topological polar surface area (TPSA) is 30.5 Å². The number of nitrogens with one attached hydrogen (secondary N) is 1. The molecule has 0 fully saturated rings. The highest BCUT2D eigenvalue weighted by molar-refractivity contribution is 9.10. The summed E-state index contributed by atoms with van der Waals surface area (Å²) in [7, 11) is 0. The van der Waals surface area contributed by atoms with Gasteiger partial charge in [-0.1, -0.05) is 20.3 Å². The Morgan fingerprint density at radius 2 is 2.00 bits per heavy atom. The summed E-state index contributed by atoms with van der Waals surface area (Å²) < 4.78 is 12.2. The third-order valence-electron chi connectivity index (χ3n) is 3.76. The molecule has 1 aromatic rings. The summed E-state index contributed by atoms with van der Waals surface area (Å²) in [6, 6.07) is 4.70. The second kappa shape index (κ2) is 7.32. The Morgan fingerprint density at radius 1 is 1.25 bits per heavy atom. The van der Waals surface area contributed by atoms with Crippen molar-refractivity contribution in [3.63, 3.8) is 0 Å². The highest BCUT2D eigenvalue weighted by atomic mass is 79.9. The number of fused-ring (bicyclic) bond motifs is 1. The Labute approximate surface area is 130 Å². The first kappa shape index (κ1) is 15.6. The molecule has 2 rings (SSSR count). The van der Waals surface area contributed by atoms with Crippen molar-refractivity contribution in [1.82, 2.24) is 5.32 Å². The molecule has 112 valence electrons. The minimum Gasteiger partial charge on any atom is -0.486 e. The van der Waals surface area contributed by atoms with Crippen LogP contribution in [0.15, 0.2) is 16.6 Å². The molecule has 0 radical (unpaired) electrons. The van der Waals surface area contributed by atoms with Crippen LogP contribution in [0.1, 0.15) is 39.2 Å². The smallest absolute Gasteiger partial charge is 0.175 e. The molecule has 1 aromatic carbocycles. The van der Waals surface area contributed by atoms with E-state index in [2.05, 4.69) is 54.2 Å². The molecule has 0 bridgehead atoms. The van der Waals surface area contributed by atoms with Gasteiger partial charge in [-0.25, -0.2) is 0 Å². The Balaban J connectivity index is 1.95. The van der Waals surface area contributed by atoms with E-state index in [0.29, 0.717) is 19.3 Å². The van der Waals surface area contributed by atoms with E-state index in [9.17, 15) is 0 Å². The van der Waals surface area contributed by atoms with Crippen LogP contribution in [0, 0.1) is 5.92 Å². The van der Waals surface area contributed by atoms with Crippen molar-refractivity contribution in [2.75, 3.05) is 13.2 Å². The van der Waals surface area contributed by atoms with E-state index in [1.165, 1.54) is 18.4 Å². The molecule has 4 heteroatoms. The van der Waals surface area contributed by atoms with Crippen molar-refractivity contribution in [3.8, 4) is 11.5 Å². The molecule has 0 saturated heterocycles. The molecule has 1 N–H and O–H groups in total. The summed E-state index contributed by atoms with van der Waals surface area (Å²) in [5.41, 5.74) is 1.22. The number of hydrogen-bond donors (Lipinski definition) is 1. The van der Waals surface area contributed by atoms with Gasteiger partial charge in [0.25, 0.3) is 0 Å². The van der Waals surface area contributed by atoms with Crippen LogP contribution >= 0.6 is 15.9 Å². The van der Waals surface area contributed by atoms with Crippen LogP contribution in [0.25, 0.3) is 0 Å². The SMILES string of the molecule is CCC(C)CC(C)NCc1cc(Br)c2c(c1)OCCO2. The normalized spacial score (nSPS) is 16.8. The maximum Gasteiger partial charge on any atom is 0.175 e. The number of ether oxygens (including phenoxy) is 2. The van der Waals surface area contributed by atoms with Crippen LogP contribution in [0.4, 0.5) is 0 Å². The maximum absolute atomic E-state index is 5.65. The fourth-order valence-electron chi connectivity index (χ4n) is 2.41. The highest BCUT2D eigenvalue weighted by Gasteiger charge is 2.16. The lowest BCUT2D eigenvalue weighted by Crippen LogP contribution is -2.27. The molecule has 0 amide bonds. The van der Waals surface area contributed by atoms with Crippen molar-refractivity contribution >= 4 is 15.9 Å². The second-order valence-corrected chi connectivity index (χ2v) is 6.49. The molecule has 1 heterocycles. The molecule has 0 aromatic heterocycles. The van der Waals surface area contributed by atoms with Gasteiger partial charge in [0.2, 0.25) is 0 Å². The zero-order valence-electron chi connectivity index (χ0n) is 12.5. The third-order valence-corrected chi connectivity index (χ3v) is 4.35. The van der Waals surface area contributed by atoms with Crippen LogP contribution in [-0.4, -0.2) is 19.3 Å². The molecule has 0 saturated carbocycles. The number of hydrogen-bond acceptors (Lipinski definition) is 3. The molecular weight excluding hydrogens is 318 g/mol. The second-order valence-electron chi connectivity index (χ2n) is 5.63. The largest absolute Gasteiger partial charge is 0.486 e. The van der Waals surface area contributed by atoms with Gasteiger partial charge in [0, 0.05) is 12.6 Å². The van der Waals surface area contributed by atoms with Gasteiger partial charge >= 0.3 is 0 Å². The summed E-state index contributed by atoms with van der Waals surface area (Å²) in [6.07, 6.45) is 2.45. The first-order chi connectivity index (χ1) is 9.60. The first-order valence-electron chi connectivity index (χ1n) is 7.41. The monoisotopic (exact) mass is 341 g/mol. The Morgan fingerprint density at radius 3 is 2.75 bits per heavy atom. The van der Waals surface area contributed by atoms with Gasteiger partial charge in [0.05, 0.1) is 4.47 Å². The van der Waals surface area contributed by atoms with E-state index in [-0.39, 0.29) is 0 Å². The quantitative estimate of drug-likeness (QED) is 0.843. The molecule has 0 aliphatic carbocycles. The first-order valence-corrected chi connectivity index (χ1v) is 8.20. The summed E-state index contributed by atoms with van der Waals surface area (Å²) in [5.74, 6) is 2.44. The summed E-state index contributed by atoms with van der Waals surface area (Å²) in [4.78, 5) is 0. The van der Waals surface area contributed by atoms with E-state index in [0.717, 1.165) is 28.4 Å². The average molecular weight is 342 g/mol. The van der Waals surface area contributed by atoms with Gasteiger partial charge in [0.1, 0.15) is 13.2 Å². The van der Waals surface area contributed by atoms with Gasteiger partial charge in [0.15, 0.2) is 11.5 Å². The van der Waals surface area contributed by atoms with Crippen LogP contribution in [-0.2, 0) is 6.54 Å². The van der Waals surface area contributed by atoms with Crippen LogP contribution in [0.3, 0.4) is 0 Å². The fraction of sp³-hybridized carbons (Fsp3) is 0.625. The number of halogens is 1. The predicted octanol–water partition coefficient (Wildman–Crippen LogP) is 4.13. The Hall–Kier alpha value is -0.740. The van der Waals surface area contributed by atoms with Crippen molar-refractivity contribution in [3.05, 3.63) is 22.2 Å². The third kappa shape index (κ3) is 4.13. The molecule has 20 heavy (non-hydrogen) atoms. The lowest BCUT2D eigenvalue weighted by Gasteiger charge is -2.21. The zero-order chi connectivity index (χ0) is 14.5. The number of rotatable bonds is 6. The molecule has 2 unspecified atom stereocenters. The molecular formula is C16H24BrNO2. The summed E-state index contributed by atoms with van der Waals surface area (Å²) >= 11 is 3.56. The molecule has 2 atom stereocenters. The molecule has 1 aliphatic heterocycles. The Kier molecular flexibility index (Phi) is 5.73. The standard InChI is InChI=1S/C16H24BrNO2/c1-4-11(2)7-12(3)18-10-13-8-14(17)16-15(9-13)19-5-6-20-16/h8-9,11-12,18H,4-7,10H2,1-3H3. The van der Waals surface area contributed by atoms with Gasteiger partial charge in [-0.15, -0.1) is 0 Å². The van der Waals surface area contributed by atoms with E-state index in [4.69, 9.17) is 9.47 Å². The fourth-order valence-corrected chi connectivity index (χ4v) is 3.02. The molecule has 1 aliphatic rings. The van der Waals surface area contributed by atoms with Gasteiger partial charge in [-0.2, -0.15) is 0 Å². The van der Waals surface area contributed by atoms with Crippen LogP contribution in [0.5, 0.6) is 11.5 Å². The van der Waals surface area contributed by atoms with Crippen LogP contribution < -0.4 is 14.8 Å². The molecule has 3 nitrogen and oxygen atoms in total. The maximum atomic E-state index is 5.65. The van der Waals surface area contributed by atoms with E-state index >= 15 is 0 Å². The van der Waals surface area contributed by atoms with Gasteiger partial charge < -0.3 is 14.8 Å². The predicted molar refractivity (Wildman–Crippen MR) is 85.5 cm³/mol. The summed E-state index contributed by atoms with van der Waals surface area (Å²) in [6.45, 7) is 8.90. The minimum absolute atomic E-state index is 0.525. The van der Waals surface area contributed by atoms with E-state index < -0.39 is 0 Å². The van der Waals surface area contributed by atoms with Crippen molar-refractivity contribution in [2.45, 2.75) is 46.2 Å². The van der Waals surface area contributed by atoms with Crippen molar-refractivity contribution in [1.29, 1.82) is 0 Å². The van der Waals surface area contributed by atoms with Crippen molar-refractivity contribution in [2.24, 2.45) is 5.92 Å². The lowest BCUT2D eigenvalue weighted by atomic mass is 10.0. The zero-order valence-corrected chi connectivity index (χ0v) is 14.1. The summed E-state index contributed by atoms with van der Waals surface area (Å²) in [5, 5.41) is 3.58. The van der Waals surface area contributed by atoms with Crippen molar-refractivity contribution < 1.29 is 9.47 Å². The van der Waals surface area contributed by atoms with Crippen LogP contribution in [0.2, 0.25) is 0 Å². The van der Waals surface area contributed by atoms with E-state index in [1.807, 2.05) is 0 Å². The van der Waals surface area contributed by atoms with Gasteiger partial charge in [-0.3, -0.25) is 0 Å². The van der Waals surface area contributed by atoms with E-state index in [1.54, 1.807) is 0 Å². The minimum atomic E-state index is 0.525. The highest BCUT2D eigenvalue weighted by Crippen LogP contribution is 2.38. The number of benzene rings is 1. The average Bonchev–Trinajstić information content (AvgIpc) is 2.45. The van der Waals surface area contributed by atoms with Gasteiger partial charge in [-0.05, 0) is 52.9 Å². The lowest BCUT2D eigenvalue weighted by molar-refractivity contribution is 0.170. The molecule has 0 spiro atoms.